The van der Waals surface area contributed by atoms with Crippen LogP contribution in [0.4, 0.5) is 5.69 Å². The number of hydrogen-bond acceptors (Lipinski definition) is 6. The number of para-hydroxylation sites is 2. The van der Waals surface area contributed by atoms with Gasteiger partial charge in [-0.2, -0.15) is 0 Å². The van der Waals surface area contributed by atoms with Crippen molar-refractivity contribution in [3.63, 3.8) is 0 Å². The van der Waals surface area contributed by atoms with Crippen LogP contribution in [0.1, 0.15) is 19.8 Å². The highest BCUT2D eigenvalue weighted by atomic mass is 32.2. The maximum Gasteiger partial charge on any atom is 0.322 e. The molecule has 0 radical (unpaired) electrons. The Kier molecular flexibility index (Phi) is 6.74. The van der Waals surface area contributed by atoms with Crippen LogP contribution in [0, 0.1) is 0 Å². The highest BCUT2D eigenvalue weighted by molar-refractivity contribution is 8.01. The number of nitrogens with zero attached hydrogens (tertiary/aromatic N) is 2. The molecule has 0 aliphatic carbocycles. The van der Waals surface area contributed by atoms with Crippen LogP contribution in [0.2, 0.25) is 0 Å². The largest absolute Gasteiger partial charge is 0.487 e. The minimum atomic E-state index is -1.32. The second kappa shape index (κ2) is 9.51. The second-order valence-corrected chi connectivity index (χ2v) is 9.65. The third kappa shape index (κ3) is 4.68. The fourth-order valence-corrected chi connectivity index (χ4v) is 5.84. The van der Waals surface area contributed by atoms with Crippen molar-refractivity contribution in [3.05, 3.63) is 54.6 Å². The lowest BCUT2D eigenvalue weighted by Gasteiger charge is -2.37. The van der Waals surface area contributed by atoms with Gasteiger partial charge >= 0.3 is 5.97 Å². The molecule has 31 heavy (non-hydrogen) atoms. The van der Waals surface area contributed by atoms with E-state index in [0.717, 1.165) is 37.6 Å². The first-order valence-corrected chi connectivity index (χ1v) is 11.7. The van der Waals surface area contributed by atoms with E-state index in [2.05, 4.69) is 34.1 Å². The lowest BCUT2D eigenvalue weighted by Crippen LogP contribution is -2.52. The number of benzene rings is 2. The van der Waals surface area contributed by atoms with E-state index in [1.54, 1.807) is 6.92 Å². The number of aliphatic carboxylic acids is 1. The Morgan fingerprint density at radius 2 is 1.77 bits per heavy atom. The number of thioether (sulfide) groups is 1. The predicted octanol–water partition coefficient (Wildman–Crippen LogP) is 3.35. The summed E-state index contributed by atoms with van der Waals surface area (Å²) < 4.78 is 4.55. The number of rotatable bonds is 6. The molecule has 0 spiro atoms. The number of ether oxygens (including phenoxy) is 1. The number of carbonyl (C=O) groups is 1. The van der Waals surface area contributed by atoms with Gasteiger partial charge in [0.2, 0.25) is 0 Å². The minimum Gasteiger partial charge on any atom is -0.487 e. The fraction of sp³-hybridized carbons (Fsp3) is 0.458. The minimum absolute atomic E-state index is 0.384. The van der Waals surface area contributed by atoms with Crippen LogP contribution in [0.5, 0.6) is 5.75 Å². The molecule has 3 atom stereocenters. The van der Waals surface area contributed by atoms with Gasteiger partial charge in [0.25, 0.3) is 0 Å². The number of hydrogen-bond donors (Lipinski definition) is 2. The zero-order chi connectivity index (χ0) is 21.8. The molecular weight excluding hydrogens is 412 g/mol. The molecule has 0 aromatic heterocycles. The topological polar surface area (TPSA) is 73.2 Å². The molecule has 3 unspecified atom stereocenters. The number of fused-ring (bicyclic) bond motifs is 1. The number of carboxylic acid groups (broad SMARTS) is 1. The van der Waals surface area contributed by atoms with Gasteiger partial charge < -0.3 is 19.8 Å². The van der Waals surface area contributed by atoms with Crippen LogP contribution in [0.3, 0.4) is 0 Å². The Balaban J connectivity index is 1.38. The van der Waals surface area contributed by atoms with Crippen LogP contribution >= 0.6 is 11.8 Å². The lowest BCUT2D eigenvalue weighted by molar-refractivity contribution is -0.145. The van der Waals surface area contributed by atoms with Gasteiger partial charge in [0, 0.05) is 31.9 Å². The van der Waals surface area contributed by atoms with E-state index in [-0.39, 0.29) is 0 Å². The van der Waals surface area contributed by atoms with E-state index in [9.17, 15) is 15.0 Å². The van der Waals surface area contributed by atoms with Crippen molar-refractivity contribution >= 4 is 23.4 Å². The van der Waals surface area contributed by atoms with Crippen molar-refractivity contribution in [3.8, 4) is 5.75 Å². The molecule has 1 saturated heterocycles. The first-order valence-electron chi connectivity index (χ1n) is 10.9. The third-order valence-corrected chi connectivity index (χ3v) is 7.80. The van der Waals surface area contributed by atoms with Crippen LogP contribution in [-0.4, -0.2) is 70.8 Å². The molecule has 2 aromatic carbocycles. The summed E-state index contributed by atoms with van der Waals surface area (Å²) in [5.74, 6) is -0.342. The monoisotopic (exact) mass is 442 g/mol. The summed E-state index contributed by atoms with van der Waals surface area (Å²) in [6, 6.07) is 17.9. The number of aliphatic hydroxyl groups is 1. The van der Waals surface area contributed by atoms with Gasteiger partial charge in [0.05, 0.1) is 4.90 Å². The number of carboxylic acids is 1. The Morgan fingerprint density at radius 1 is 1.10 bits per heavy atom. The van der Waals surface area contributed by atoms with Gasteiger partial charge in [0.1, 0.15) is 22.7 Å². The van der Waals surface area contributed by atoms with Gasteiger partial charge in [-0.3, -0.25) is 9.69 Å². The number of anilines is 1. The van der Waals surface area contributed by atoms with E-state index < -0.39 is 22.9 Å². The molecule has 2 aliphatic heterocycles. The predicted molar refractivity (Wildman–Crippen MR) is 123 cm³/mol. The van der Waals surface area contributed by atoms with Crippen molar-refractivity contribution in [1.29, 1.82) is 0 Å². The summed E-state index contributed by atoms with van der Waals surface area (Å²) in [6.07, 6.45) is -0.606. The van der Waals surface area contributed by atoms with E-state index in [4.69, 9.17) is 4.74 Å². The Hall–Kier alpha value is -2.22. The maximum atomic E-state index is 12.4. The smallest absolute Gasteiger partial charge is 0.322 e. The molecule has 0 amide bonds. The number of piperazine rings is 1. The zero-order valence-corrected chi connectivity index (χ0v) is 18.6. The van der Waals surface area contributed by atoms with Crippen molar-refractivity contribution in [2.45, 2.75) is 41.6 Å². The van der Waals surface area contributed by atoms with Crippen LogP contribution < -0.4 is 9.64 Å². The van der Waals surface area contributed by atoms with E-state index >= 15 is 0 Å². The Labute approximate surface area is 187 Å². The second-order valence-electron chi connectivity index (χ2n) is 8.28. The molecule has 2 aromatic rings. The van der Waals surface area contributed by atoms with E-state index in [1.807, 2.05) is 30.3 Å². The molecule has 4 rings (SSSR count). The summed E-state index contributed by atoms with van der Waals surface area (Å²) in [5, 5.41) is 21.1. The van der Waals surface area contributed by atoms with Crippen LogP contribution in [-0.2, 0) is 4.79 Å². The molecule has 166 valence electrons. The van der Waals surface area contributed by atoms with Crippen molar-refractivity contribution < 1.29 is 19.7 Å². The van der Waals surface area contributed by atoms with E-state index in [1.165, 1.54) is 17.4 Å². The Morgan fingerprint density at radius 3 is 2.48 bits per heavy atom. The van der Waals surface area contributed by atoms with Gasteiger partial charge in [-0.05, 0) is 50.6 Å². The summed E-state index contributed by atoms with van der Waals surface area (Å²) in [6.45, 7) is 6.39. The molecule has 6 nitrogen and oxygen atoms in total. The van der Waals surface area contributed by atoms with Gasteiger partial charge in [-0.25, -0.2) is 0 Å². The molecule has 2 aliphatic rings. The highest BCUT2D eigenvalue weighted by Gasteiger charge is 2.51. The maximum absolute atomic E-state index is 12.4. The average molecular weight is 443 g/mol. The standard InChI is InChI=1S/C24H30N2O4S/c1-18-22(27)24(23(28)29,31-21-11-6-5-10-20(21)30-18)12-7-13-25-14-16-26(17-15-25)19-8-3-2-4-9-19/h2-6,8-11,18,22,27H,7,12-17H2,1H3,(H,28,29). The first-order chi connectivity index (χ1) is 15.0. The third-order valence-electron chi connectivity index (χ3n) is 6.25. The normalized spacial score (nSPS) is 26.6. The van der Waals surface area contributed by atoms with Crippen LogP contribution in [0.15, 0.2) is 59.5 Å². The van der Waals surface area contributed by atoms with Gasteiger partial charge in [0.15, 0.2) is 0 Å². The zero-order valence-electron chi connectivity index (χ0n) is 17.8. The van der Waals surface area contributed by atoms with Crippen molar-refractivity contribution in [2.24, 2.45) is 0 Å². The molecule has 7 heteroatoms. The molecule has 0 saturated carbocycles. The SMILES string of the molecule is CC1Oc2ccccc2SC(CCCN2CCN(c3ccccc3)CC2)(C(=O)O)C1O. The molecule has 2 heterocycles. The molecule has 1 fully saturated rings. The van der Waals surface area contributed by atoms with Crippen LogP contribution in [0.25, 0.3) is 0 Å². The summed E-state index contributed by atoms with van der Waals surface area (Å²) in [4.78, 5) is 18.0. The molecular formula is C24H30N2O4S. The lowest BCUT2D eigenvalue weighted by atomic mass is 9.92. The number of aliphatic hydroxyl groups excluding tert-OH is 1. The van der Waals surface area contributed by atoms with Gasteiger partial charge in [-0.1, -0.05) is 30.3 Å². The Bertz CT molecular complexity index is 888. The van der Waals surface area contributed by atoms with Gasteiger partial charge in [-0.15, -0.1) is 11.8 Å². The average Bonchev–Trinajstić information content (AvgIpc) is 2.90. The first kappa shape index (κ1) is 22.0. The summed E-state index contributed by atoms with van der Waals surface area (Å²) in [7, 11) is 0. The summed E-state index contributed by atoms with van der Waals surface area (Å²) in [5.41, 5.74) is 1.25. The highest BCUT2D eigenvalue weighted by Crippen LogP contribution is 2.47. The fourth-order valence-electron chi connectivity index (χ4n) is 4.44. The van der Waals surface area contributed by atoms with Crippen molar-refractivity contribution in [2.75, 3.05) is 37.6 Å². The quantitative estimate of drug-likeness (QED) is 0.711. The molecule has 0 bridgehead atoms. The van der Waals surface area contributed by atoms with Crippen molar-refractivity contribution in [1.82, 2.24) is 4.90 Å². The summed E-state index contributed by atoms with van der Waals surface area (Å²) >= 11 is 1.23. The van der Waals surface area contributed by atoms with E-state index in [0.29, 0.717) is 18.6 Å². The molecule has 2 N–H and O–H groups in total.